The monoisotopic (exact) mass is 1650 g/mol. The van der Waals surface area contributed by atoms with Crippen LogP contribution in [0.1, 0.15) is 192 Å². The second kappa shape index (κ2) is 166. The molecule has 1 heterocycles. The van der Waals surface area contributed by atoms with Gasteiger partial charge in [-0.1, -0.05) is 146 Å². The van der Waals surface area contributed by atoms with Gasteiger partial charge in [0, 0.05) is 80.2 Å². The van der Waals surface area contributed by atoms with Crippen molar-refractivity contribution >= 4 is 10.1 Å². The van der Waals surface area contributed by atoms with Gasteiger partial charge in [0.1, 0.15) is 0 Å². The van der Waals surface area contributed by atoms with Crippen molar-refractivity contribution in [3.63, 3.8) is 0 Å². The van der Waals surface area contributed by atoms with Crippen LogP contribution in [0.3, 0.4) is 0 Å². The number of benzene rings is 1. The first-order valence-electron chi connectivity index (χ1n) is 39.2. The van der Waals surface area contributed by atoms with E-state index in [-0.39, 0.29) is 116 Å². The van der Waals surface area contributed by atoms with Crippen molar-refractivity contribution in [2.24, 2.45) is 16.6 Å². The summed E-state index contributed by atoms with van der Waals surface area (Å²) >= 11 is 0. The van der Waals surface area contributed by atoms with E-state index in [4.69, 9.17) is 132 Å². The van der Waals surface area contributed by atoms with Crippen LogP contribution in [0.4, 0.5) is 4.39 Å². The Morgan fingerprint density at radius 2 is 0.673 bits per heavy atom. The molecule has 1 aromatic rings. The Morgan fingerprint density at radius 3 is 0.891 bits per heavy atom. The van der Waals surface area contributed by atoms with Crippen LogP contribution in [-0.2, 0) is 85.4 Å². The number of nitrogens with two attached hydrogens (primary N) is 2. The second-order valence-electron chi connectivity index (χ2n) is 19.5. The fourth-order valence-corrected chi connectivity index (χ4v) is 6.57. The molecule has 32 nitrogen and oxygen atoms in total. The number of unbranched alkanes of at least 4 members (excludes halogenated alkanes) is 5. The minimum atomic E-state index is -3.72. The van der Waals surface area contributed by atoms with Crippen molar-refractivity contribution in [3.8, 4) is 0 Å². The van der Waals surface area contributed by atoms with Crippen LogP contribution in [0.2, 0.25) is 0 Å². The molecular weight excluding hydrogens is 1470 g/mol. The van der Waals surface area contributed by atoms with Gasteiger partial charge in [0.25, 0.3) is 10.1 Å². The molecule has 1 saturated heterocycles. The average molecular weight is 1650 g/mol. The number of ether oxygens (including phenoxy) is 15. The van der Waals surface area contributed by atoms with E-state index in [1.807, 2.05) is 6.92 Å². The zero-order chi connectivity index (χ0) is 84.8. The number of aryl methyl sites for hydroxylation is 1. The quantitative estimate of drug-likeness (QED) is 0.00751. The summed E-state index contributed by atoms with van der Waals surface area (Å²) in [6.07, 6.45) is 15.1. The van der Waals surface area contributed by atoms with Gasteiger partial charge in [0.05, 0.1) is 198 Å². The van der Waals surface area contributed by atoms with Crippen molar-refractivity contribution in [2.45, 2.75) is 194 Å². The first-order valence-corrected chi connectivity index (χ1v) is 38.5. The molecule has 35 heteroatoms. The summed E-state index contributed by atoms with van der Waals surface area (Å²) in [5, 5.41) is 52.6. The van der Waals surface area contributed by atoms with E-state index in [0.29, 0.717) is 146 Å². The Bertz CT molecular complexity index is 1640. The Labute approximate surface area is 697 Å². The minimum absolute atomic E-state index is 0. The van der Waals surface area contributed by atoms with E-state index < -0.39 is 17.3 Å². The number of hydrogen-bond acceptors (Lipinski definition) is 27. The van der Waals surface area contributed by atoms with Gasteiger partial charge in [0.2, 0.25) is 0 Å². The summed E-state index contributed by atoms with van der Waals surface area (Å²) in [5.74, 6) is 0. The molecule has 2 rings (SSSR count). The Hall–Kier alpha value is -2.24. The first kappa shape index (κ1) is 137. The SMILES string of the molecule is C.C.C.C1CCOC1.CCCCOCCOCCC.CCCCOCCOCCN.CCCCOCCOCCN=[N+]=[N-].CCCCOCCOCCO.CCCCOCCOCCO.CCO.CN.Cc1ccc(S(=O)(=O)OCCOCCOCCO)cc1.OCCOCCOCCO.[2H]CC.[2H]CC.[2H]CF.[N-]=[N+]=[N-].[Na+]. The molecule has 0 aliphatic carbocycles. The third kappa shape index (κ3) is 187. The van der Waals surface area contributed by atoms with Crippen LogP contribution < -0.4 is 41.0 Å². The number of azide groups is 1. The van der Waals surface area contributed by atoms with Crippen LogP contribution >= 0.6 is 0 Å². The predicted molar refractivity (Wildman–Crippen MR) is 442 cm³/mol. The molecule has 670 valence electrons. The summed E-state index contributed by atoms with van der Waals surface area (Å²) in [5.41, 5.74) is 32.2. The van der Waals surface area contributed by atoms with Gasteiger partial charge >= 0.3 is 29.6 Å². The zero-order valence-electron chi connectivity index (χ0n) is 71.9. The van der Waals surface area contributed by atoms with Crippen molar-refractivity contribution in [2.75, 3.05) is 272 Å². The number of halogens is 1. The van der Waals surface area contributed by atoms with Crippen molar-refractivity contribution in [1.29, 1.82) is 0 Å². The summed E-state index contributed by atoms with van der Waals surface area (Å²) in [4.78, 5) is 4.24. The van der Waals surface area contributed by atoms with Crippen molar-refractivity contribution in [3.05, 3.63) is 56.2 Å². The van der Waals surface area contributed by atoms with E-state index in [1.54, 1.807) is 32.9 Å². The zero-order valence-corrected chi connectivity index (χ0v) is 71.7. The molecule has 0 amide bonds. The van der Waals surface area contributed by atoms with Gasteiger partial charge < -0.3 is 124 Å². The van der Waals surface area contributed by atoms with E-state index in [9.17, 15) is 12.8 Å². The van der Waals surface area contributed by atoms with E-state index in [2.05, 4.69) is 57.3 Å². The molecule has 0 unspecified atom stereocenters. The number of rotatable bonds is 58. The van der Waals surface area contributed by atoms with Crippen molar-refractivity contribution < 1.29 is 152 Å². The Balaban J connectivity index is -0.0000000666. The number of alkyl halides is 1. The predicted octanol–water partition coefficient (Wildman–Crippen LogP) is 9.28. The maximum Gasteiger partial charge on any atom is 1.00 e. The minimum Gasteiger partial charge on any atom is -0.397 e. The topological polar surface area (TPSA) is 463 Å². The molecule has 0 aromatic heterocycles. The summed E-state index contributed by atoms with van der Waals surface area (Å²) in [6.45, 7) is 40.6. The number of aliphatic hydroxyl groups is 6. The molecular formula is C75H172FN8NaO24S. The van der Waals surface area contributed by atoms with Crippen molar-refractivity contribution in [1.82, 2.24) is 0 Å². The van der Waals surface area contributed by atoms with E-state index in [1.165, 1.54) is 49.8 Å². The smallest absolute Gasteiger partial charge is 0.397 e. The number of aliphatic hydroxyl groups excluding tert-OH is 6. The molecule has 1 aromatic carbocycles. The molecule has 0 atom stereocenters. The van der Waals surface area contributed by atoms with Gasteiger partial charge in [-0.15, -0.1) is 0 Å². The van der Waals surface area contributed by atoms with Gasteiger partial charge in [-0.2, -0.15) is 8.42 Å². The maximum atomic E-state index is 11.8. The first-order chi connectivity index (χ1) is 53.1. The van der Waals surface area contributed by atoms with Gasteiger partial charge in [-0.25, -0.2) is 0 Å². The van der Waals surface area contributed by atoms with E-state index in [0.717, 1.165) is 129 Å². The molecule has 1 fully saturated rings. The molecule has 0 spiro atoms. The second-order valence-corrected chi connectivity index (χ2v) is 21.1. The fourth-order valence-electron chi connectivity index (χ4n) is 5.67. The van der Waals surface area contributed by atoms with E-state index >= 15 is 0 Å². The Morgan fingerprint density at radius 1 is 0.445 bits per heavy atom. The summed E-state index contributed by atoms with van der Waals surface area (Å²) in [7, 11) is -3.22. The van der Waals surface area contributed by atoms with Gasteiger partial charge in [-0.05, 0) is 89.9 Å². The third-order valence-electron chi connectivity index (χ3n) is 10.6. The number of nitrogens with zero attached hydrogens (tertiary/aromatic N) is 6. The van der Waals surface area contributed by atoms with Gasteiger partial charge in [-0.3, -0.25) is 13.5 Å². The molecule has 1 aliphatic rings. The molecule has 1 aliphatic heterocycles. The normalized spacial score (nSPS) is 10.2. The summed E-state index contributed by atoms with van der Waals surface area (Å²) < 4.78 is 133. The Kier molecular flexibility index (Phi) is 207. The summed E-state index contributed by atoms with van der Waals surface area (Å²) in [6, 6.07) is 6.44. The third-order valence-corrected chi connectivity index (χ3v) is 11.9. The number of hydrogen-bond donors (Lipinski definition) is 8. The molecule has 10 N–H and O–H groups in total. The van der Waals surface area contributed by atoms with Crippen LogP contribution in [-0.4, -0.2) is 311 Å². The van der Waals surface area contributed by atoms with Crippen LogP contribution in [0, 0.1) is 6.92 Å². The fraction of sp³-hybridized carbons (Fsp3) is 0.920. The molecule has 0 radical (unpaired) electrons. The van der Waals surface area contributed by atoms with Crippen LogP contribution in [0.5, 0.6) is 0 Å². The molecule has 0 saturated carbocycles. The largest absolute Gasteiger partial charge is 1.00 e. The van der Waals surface area contributed by atoms with Crippen LogP contribution in [0.15, 0.2) is 34.3 Å². The van der Waals surface area contributed by atoms with Gasteiger partial charge in [0.15, 0.2) is 0 Å². The molecule has 110 heavy (non-hydrogen) atoms. The molecule has 0 bridgehead atoms. The standard InChI is InChI=1S/C13H20O6S.C9H20O2.C8H17N3O2.C8H19NO2.2C8H18O3.C6H14O4.C4H8O.C2H6O.2C2H6.CH3F.CH5N.3CH4.N3.Na/c1-12-2-4-13(5-3-12)20(15,16)19-11-10-18-9-8-17-7-6-14;1-3-5-7-11-9-8-10-6-4-2;1-2-3-5-12-7-8-13-6-4-10-11-9;3*1-2-3-5-10-7-8-11-6-4-9;7-1-3-9-5-6-10-4-2-8;1-2-4-5-3-1;1-2-3;4*1-2;;;;1-3-2;/h2-5,14H,6-11H2,1H3;3-9H2,1-2H3;2-8H2,1H3;2-9H2,1H3;2*9H,2-8H2,1H3;7-8H,1-6H2;1-4H2;3H,2H2,1H3;2*1-2H3;1H3;2H2,1H3;3*1H4;;/q;;;;;;;;;;;;;;;;-1;+1/i;;;;;;;;;3*1D;;;;;;. The average Bonchev–Trinajstić information content (AvgIpc) is 1.49. The maximum absolute atomic E-state index is 11.8. The van der Waals surface area contributed by atoms with Crippen LogP contribution in [0.25, 0.3) is 26.4 Å².